The molecule has 0 fully saturated rings. The zero-order chi connectivity index (χ0) is 14.7. The Labute approximate surface area is 125 Å². The Hall–Kier alpha value is -2.00. The van der Waals surface area contributed by atoms with Gasteiger partial charge < -0.3 is 14.8 Å². The van der Waals surface area contributed by atoms with Gasteiger partial charge in [0.15, 0.2) is 11.5 Å². The molecule has 2 aromatic rings. The van der Waals surface area contributed by atoms with Gasteiger partial charge in [0.1, 0.15) is 0 Å². The monoisotopic (exact) mass is 283 g/mol. The van der Waals surface area contributed by atoms with Crippen LogP contribution < -0.4 is 14.8 Å². The van der Waals surface area contributed by atoms with E-state index < -0.39 is 0 Å². The van der Waals surface area contributed by atoms with Crippen molar-refractivity contribution >= 4 is 0 Å². The first-order chi connectivity index (χ1) is 10.3. The fraction of sp³-hybridized carbons (Fsp3) is 0.333. The molecule has 0 radical (unpaired) electrons. The molecule has 0 bridgehead atoms. The molecule has 110 valence electrons. The molecule has 0 saturated carbocycles. The van der Waals surface area contributed by atoms with Gasteiger partial charge in [0.25, 0.3) is 0 Å². The lowest BCUT2D eigenvalue weighted by Gasteiger charge is -2.18. The van der Waals surface area contributed by atoms with Gasteiger partial charge in [-0.25, -0.2) is 0 Å². The minimum absolute atomic E-state index is 0.153. The standard InChI is InChI=1S/C18H21NO2/c1-13-11-20-16-9-8-15(10-17(16)21-12-13)18(19-2)14-6-4-3-5-7-14/h3-10,13,18-19H,11-12H2,1-2H3. The molecule has 0 saturated heterocycles. The lowest BCUT2D eigenvalue weighted by molar-refractivity contribution is 0.228. The van der Waals surface area contributed by atoms with E-state index in [1.54, 1.807) is 0 Å². The third-order valence-corrected chi connectivity index (χ3v) is 3.77. The van der Waals surface area contributed by atoms with E-state index in [1.165, 1.54) is 11.1 Å². The highest BCUT2D eigenvalue weighted by atomic mass is 16.5. The van der Waals surface area contributed by atoms with E-state index in [1.807, 2.05) is 19.2 Å². The Balaban J connectivity index is 1.92. The highest BCUT2D eigenvalue weighted by molar-refractivity contribution is 5.46. The zero-order valence-corrected chi connectivity index (χ0v) is 12.5. The van der Waals surface area contributed by atoms with Crippen molar-refractivity contribution in [2.45, 2.75) is 13.0 Å². The maximum atomic E-state index is 5.88. The molecule has 21 heavy (non-hydrogen) atoms. The molecule has 1 aliphatic rings. The van der Waals surface area contributed by atoms with Gasteiger partial charge in [0.05, 0.1) is 19.3 Å². The van der Waals surface area contributed by atoms with Gasteiger partial charge in [-0.3, -0.25) is 0 Å². The summed E-state index contributed by atoms with van der Waals surface area (Å²) in [5, 5.41) is 3.37. The molecule has 3 heteroatoms. The van der Waals surface area contributed by atoms with Crippen LogP contribution in [0.1, 0.15) is 24.1 Å². The zero-order valence-electron chi connectivity index (χ0n) is 12.5. The fourth-order valence-electron chi connectivity index (χ4n) is 2.62. The van der Waals surface area contributed by atoms with Gasteiger partial charge in [0, 0.05) is 5.92 Å². The van der Waals surface area contributed by atoms with Gasteiger partial charge in [-0.1, -0.05) is 43.3 Å². The number of nitrogens with one attached hydrogen (secondary N) is 1. The molecule has 1 aliphatic heterocycles. The van der Waals surface area contributed by atoms with Gasteiger partial charge in [-0.05, 0) is 30.3 Å². The van der Waals surface area contributed by atoms with E-state index in [-0.39, 0.29) is 6.04 Å². The van der Waals surface area contributed by atoms with E-state index in [4.69, 9.17) is 9.47 Å². The molecular weight excluding hydrogens is 262 g/mol. The highest BCUT2D eigenvalue weighted by Crippen LogP contribution is 2.34. The molecule has 3 nitrogen and oxygen atoms in total. The largest absolute Gasteiger partial charge is 0.489 e. The minimum atomic E-state index is 0.153. The van der Waals surface area contributed by atoms with Crippen LogP contribution in [0.15, 0.2) is 48.5 Å². The molecule has 2 atom stereocenters. The van der Waals surface area contributed by atoms with Crippen LogP contribution in [0.5, 0.6) is 11.5 Å². The third-order valence-electron chi connectivity index (χ3n) is 3.77. The van der Waals surface area contributed by atoms with Gasteiger partial charge in [0.2, 0.25) is 0 Å². The number of rotatable bonds is 3. The topological polar surface area (TPSA) is 30.5 Å². The van der Waals surface area contributed by atoms with Crippen LogP contribution in [0, 0.1) is 5.92 Å². The van der Waals surface area contributed by atoms with Crippen molar-refractivity contribution in [2.24, 2.45) is 5.92 Å². The molecule has 0 aliphatic carbocycles. The Bertz CT molecular complexity index is 597. The van der Waals surface area contributed by atoms with Crippen LogP contribution in [-0.2, 0) is 0 Å². The lowest BCUT2D eigenvalue weighted by atomic mass is 9.98. The summed E-state index contributed by atoms with van der Waals surface area (Å²) in [6, 6.07) is 16.8. The van der Waals surface area contributed by atoms with Gasteiger partial charge >= 0.3 is 0 Å². The predicted molar refractivity (Wildman–Crippen MR) is 83.9 cm³/mol. The van der Waals surface area contributed by atoms with Crippen LogP contribution in [0.2, 0.25) is 0 Å². The molecular formula is C18H21NO2. The summed E-state index contributed by atoms with van der Waals surface area (Å²) >= 11 is 0. The summed E-state index contributed by atoms with van der Waals surface area (Å²) in [5.41, 5.74) is 2.42. The molecule has 3 rings (SSSR count). The summed E-state index contributed by atoms with van der Waals surface area (Å²) in [6.07, 6.45) is 0. The molecule has 2 unspecified atom stereocenters. The summed E-state index contributed by atoms with van der Waals surface area (Å²) in [6.45, 7) is 3.54. The molecule has 0 aromatic heterocycles. The first kappa shape index (κ1) is 14.0. The van der Waals surface area contributed by atoms with Crippen LogP contribution in [-0.4, -0.2) is 20.3 Å². The van der Waals surface area contributed by atoms with Crippen molar-refractivity contribution < 1.29 is 9.47 Å². The molecule has 1 N–H and O–H groups in total. The maximum Gasteiger partial charge on any atom is 0.161 e. The second-order valence-corrected chi connectivity index (χ2v) is 5.57. The lowest BCUT2D eigenvalue weighted by Crippen LogP contribution is -2.17. The molecule has 0 spiro atoms. The summed E-state index contributed by atoms with van der Waals surface area (Å²) in [4.78, 5) is 0. The average molecular weight is 283 g/mol. The average Bonchev–Trinajstić information content (AvgIpc) is 2.71. The van der Waals surface area contributed by atoms with E-state index in [0.29, 0.717) is 19.1 Å². The SMILES string of the molecule is CNC(c1ccccc1)c1ccc2c(c1)OCC(C)CO2. The number of benzene rings is 2. The van der Waals surface area contributed by atoms with Crippen LogP contribution in [0.25, 0.3) is 0 Å². The normalized spacial score (nSPS) is 18.9. The molecule has 1 heterocycles. The van der Waals surface area contributed by atoms with Crippen molar-refractivity contribution in [2.75, 3.05) is 20.3 Å². The van der Waals surface area contributed by atoms with Crippen molar-refractivity contribution in [1.29, 1.82) is 0 Å². The maximum absolute atomic E-state index is 5.88. The number of ether oxygens (including phenoxy) is 2. The van der Waals surface area contributed by atoms with E-state index in [2.05, 4.69) is 48.6 Å². The highest BCUT2D eigenvalue weighted by Gasteiger charge is 2.18. The van der Waals surface area contributed by atoms with Crippen LogP contribution >= 0.6 is 0 Å². The Morgan fingerprint density at radius 1 is 0.952 bits per heavy atom. The Morgan fingerprint density at radius 2 is 1.67 bits per heavy atom. The van der Waals surface area contributed by atoms with Crippen molar-refractivity contribution in [1.82, 2.24) is 5.32 Å². The Kier molecular flexibility index (Phi) is 4.11. The quantitative estimate of drug-likeness (QED) is 0.936. The number of hydrogen-bond acceptors (Lipinski definition) is 3. The Morgan fingerprint density at radius 3 is 2.38 bits per heavy atom. The van der Waals surface area contributed by atoms with E-state index >= 15 is 0 Å². The summed E-state index contributed by atoms with van der Waals surface area (Å²) in [7, 11) is 1.97. The first-order valence-corrected chi connectivity index (χ1v) is 7.39. The number of hydrogen-bond donors (Lipinski definition) is 1. The first-order valence-electron chi connectivity index (χ1n) is 7.39. The van der Waals surface area contributed by atoms with Gasteiger partial charge in [-0.15, -0.1) is 0 Å². The predicted octanol–water partition coefficient (Wildman–Crippen LogP) is 3.40. The van der Waals surface area contributed by atoms with Crippen molar-refractivity contribution in [3.63, 3.8) is 0 Å². The summed E-state index contributed by atoms with van der Waals surface area (Å²) < 4.78 is 11.7. The van der Waals surface area contributed by atoms with Crippen molar-refractivity contribution in [3.05, 3.63) is 59.7 Å². The van der Waals surface area contributed by atoms with Gasteiger partial charge in [-0.2, -0.15) is 0 Å². The fourth-order valence-corrected chi connectivity index (χ4v) is 2.62. The second-order valence-electron chi connectivity index (χ2n) is 5.57. The van der Waals surface area contributed by atoms with Crippen LogP contribution in [0.3, 0.4) is 0 Å². The van der Waals surface area contributed by atoms with Crippen LogP contribution in [0.4, 0.5) is 0 Å². The second kappa shape index (κ2) is 6.19. The van der Waals surface area contributed by atoms with E-state index in [9.17, 15) is 0 Å². The molecule has 2 aromatic carbocycles. The smallest absolute Gasteiger partial charge is 0.161 e. The number of fused-ring (bicyclic) bond motifs is 1. The minimum Gasteiger partial charge on any atom is -0.489 e. The third kappa shape index (κ3) is 3.03. The summed E-state index contributed by atoms with van der Waals surface area (Å²) in [5.74, 6) is 2.09. The van der Waals surface area contributed by atoms with E-state index in [0.717, 1.165) is 11.5 Å². The molecule has 0 amide bonds. The van der Waals surface area contributed by atoms with Crippen molar-refractivity contribution in [3.8, 4) is 11.5 Å².